The Morgan fingerprint density at radius 1 is 1.50 bits per heavy atom. The molecule has 1 aromatic heterocycles. The minimum absolute atomic E-state index is 0.603. The summed E-state index contributed by atoms with van der Waals surface area (Å²) < 4.78 is 0. The Balaban J connectivity index is 1.85. The molecule has 2 atom stereocenters. The van der Waals surface area contributed by atoms with E-state index < -0.39 is 0 Å². The summed E-state index contributed by atoms with van der Waals surface area (Å²) in [5, 5.41) is 3.49. The van der Waals surface area contributed by atoms with Crippen molar-refractivity contribution < 1.29 is 0 Å². The predicted octanol–water partition coefficient (Wildman–Crippen LogP) is 1.55. The molecule has 1 saturated carbocycles. The molecule has 0 aliphatic heterocycles. The van der Waals surface area contributed by atoms with Crippen LogP contribution in [0, 0.1) is 5.92 Å². The summed E-state index contributed by atoms with van der Waals surface area (Å²) in [7, 11) is 0. The highest BCUT2D eigenvalue weighted by Crippen LogP contribution is 2.26. The SMILES string of the molecule is CC1CCC1NCc1cccc(N)n1. The Morgan fingerprint density at radius 3 is 2.93 bits per heavy atom. The van der Waals surface area contributed by atoms with Gasteiger partial charge >= 0.3 is 0 Å². The molecule has 1 fully saturated rings. The van der Waals surface area contributed by atoms with Crippen LogP contribution in [0.4, 0.5) is 5.82 Å². The Labute approximate surface area is 84.7 Å². The quantitative estimate of drug-likeness (QED) is 0.762. The first-order chi connectivity index (χ1) is 6.75. The minimum Gasteiger partial charge on any atom is -0.384 e. The van der Waals surface area contributed by atoms with Crippen LogP contribution < -0.4 is 11.1 Å². The average molecular weight is 191 g/mol. The molecule has 2 rings (SSSR count). The van der Waals surface area contributed by atoms with Gasteiger partial charge in [0, 0.05) is 12.6 Å². The summed E-state index contributed by atoms with van der Waals surface area (Å²) in [5.74, 6) is 1.42. The number of hydrogen-bond acceptors (Lipinski definition) is 3. The van der Waals surface area contributed by atoms with E-state index in [0.717, 1.165) is 18.2 Å². The van der Waals surface area contributed by atoms with Gasteiger partial charge in [0.25, 0.3) is 0 Å². The van der Waals surface area contributed by atoms with Crippen LogP contribution in [0.15, 0.2) is 18.2 Å². The van der Waals surface area contributed by atoms with E-state index in [1.54, 1.807) is 0 Å². The van der Waals surface area contributed by atoms with Gasteiger partial charge in [-0.15, -0.1) is 0 Å². The van der Waals surface area contributed by atoms with Crippen molar-refractivity contribution >= 4 is 5.82 Å². The Hall–Kier alpha value is -1.09. The normalized spacial score (nSPS) is 25.8. The molecular weight excluding hydrogens is 174 g/mol. The predicted molar refractivity (Wildman–Crippen MR) is 57.7 cm³/mol. The molecular formula is C11H17N3. The molecule has 1 aliphatic carbocycles. The van der Waals surface area contributed by atoms with Gasteiger partial charge in [-0.1, -0.05) is 13.0 Å². The van der Waals surface area contributed by atoms with Crippen molar-refractivity contribution in [2.45, 2.75) is 32.4 Å². The second-order valence-electron chi connectivity index (χ2n) is 4.10. The van der Waals surface area contributed by atoms with Crippen molar-refractivity contribution in [3.63, 3.8) is 0 Å². The van der Waals surface area contributed by atoms with Crippen LogP contribution in [-0.4, -0.2) is 11.0 Å². The fraction of sp³-hybridized carbons (Fsp3) is 0.545. The molecule has 3 heteroatoms. The van der Waals surface area contributed by atoms with Crippen molar-refractivity contribution in [2.24, 2.45) is 5.92 Å². The second kappa shape index (κ2) is 3.96. The molecule has 0 saturated heterocycles. The lowest BCUT2D eigenvalue weighted by Gasteiger charge is -2.34. The molecule has 0 aromatic carbocycles. The molecule has 0 spiro atoms. The number of rotatable bonds is 3. The molecule has 2 unspecified atom stereocenters. The molecule has 3 N–H and O–H groups in total. The van der Waals surface area contributed by atoms with Gasteiger partial charge < -0.3 is 11.1 Å². The summed E-state index contributed by atoms with van der Waals surface area (Å²) in [4.78, 5) is 4.24. The van der Waals surface area contributed by atoms with Gasteiger partial charge in [0.15, 0.2) is 0 Å². The standard InChI is InChI=1S/C11H17N3/c1-8-5-6-10(8)13-7-9-3-2-4-11(12)14-9/h2-4,8,10,13H,5-7H2,1H3,(H2,12,14). The molecule has 14 heavy (non-hydrogen) atoms. The first-order valence-corrected chi connectivity index (χ1v) is 5.20. The molecule has 3 nitrogen and oxygen atoms in total. The van der Waals surface area contributed by atoms with Crippen LogP contribution in [0.1, 0.15) is 25.5 Å². The summed E-state index contributed by atoms with van der Waals surface area (Å²) >= 11 is 0. The minimum atomic E-state index is 0.603. The highest BCUT2D eigenvalue weighted by Gasteiger charge is 2.25. The number of anilines is 1. The molecule has 76 valence electrons. The number of nitrogen functional groups attached to an aromatic ring is 1. The maximum atomic E-state index is 5.60. The summed E-state index contributed by atoms with van der Waals surface area (Å²) in [6.07, 6.45) is 2.64. The van der Waals surface area contributed by atoms with E-state index in [4.69, 9.17) is 5.73 Å². The molecule has 0 bridgehead atoms. The Bertz CT molecular complexity index is 311. The van der Waals surface area contributed by atoms with E-state index in [2.05, 4.69) is 17.2 Å². The molecule has 1 aromatic rings. The second-order valence-corrected chi connectivity index (χ2v) is 4.10. The van der Waals surface area contributed by atoms with E-state index in [-0.39, 0.29) is 0 Å². The molecule has 0 amide bonds. The van der Waals surface area contributed by atoms with Crippen LogP contribution >= 0.6 is 0 Å². The van der Waals surface area contributed by atoms with E-state index in [1.807, 2.05) is 18.2 Å². The maximum Gasteiger partial charge on any atom is 0.123 e. The monoisotopic (exact) mass is 191 g/mol. The fourth-order valence-electron chi connectivity index (χ4n) is 1.80. The lowest BCUT2D eigenvalue weighted by atomic mass is 9.81. The van der Waals surface area contributed by atoms with E-state index in [9.17, 15) is 0 Å². The zero-order valence-corrected chi connectivity index (χ0v) is 8.53. The van der Waals surface area contributed by atoms with Gasteiger partial charge in [-0.05, 0) is 30.9 Å². The van der Waals surface area contributed by atoms with Crippen LogP contribution in [0.5, 0.6) is 0 Å². The van der Waals surface area contributed by atoms with Crippen molar-refractivity contribution in [3.05, 3.63) is 23.9 Å². The summed E-state index contributed by atoms with van der Waals surface area (Å²) in [6.45, 7) is 3.12. The third kappa shape index (κ3) is 2.04. The number of nitrogens with two attached hydrogens (primary N) is 1. The molecule has 0 radical (unpaired) electrons. The van der Waals surface area contributed by atoms with Crippen molar-refractivity contribution in [1.29, 1.82) is 0 Å². The number of nitrogens with one attached hydrogen (secondary N) is 1. The van der Waals surface area contributed by atoms with E-state index in [1.165, 1.54) is 12.8 Å². The van der Waals surface area contributed by atoms with Crippen LogP contribution in [0.25, 0.3) is 0 Å². The molecule has 1 aliphatic rings. The summed E-state index contributed by atoms with van der Waals surface area (Å²) in [5.41, 5.74) is 6.63. The van der Waals surface area contributed by atoms with Gasteiger partial charge in [0.2, 0.25) is 0 Å². The number of aromatic nitrogens is 1. The highest BCUT2D eigenvalue weighted by molar-refractivity contribution is 5.28. The van der Waals surface area contributed by atoms with Crippen LogP contribution in [0.3, 0.4) is 0 Å². The van der Waals surface area contributed by atoms with E-state index in [0.29, 0.717) is 11.9 Å². The van der Waals surface area contributed by atoms with Gasteiger partial charge in [-0.3, -0.25) is 0 Å². The average Bonchev–Trinajstić information content (AvgIpc) is 2.16. The lowest BCUT2D eigenvalue weighted by molar-refractivity contribution is 0.227. The largest absolute Gasteiger partial charge is 0.384 e. The van der Waals surface area contributed by atoms with Gasteiger partial charge in [0.05, 0.1) is 5.69 Å². The smallest absolute Gasteiger partial charge is 0.123 e. The third-order valence-corrected chi connectivity index (χ3v) is 2.99. The first kappa shape index (κ1) is 9.46. The van der Waals surface area contributed by atoms with E-state index >= 15 is 0 Å². The van der Waals surface area contributed by atoms with Gasteiger partial charge in [-0.25, -0.2) is 4.98 Å². The van der Waals surface area contributed by atoms with Gasteiger partial charge in [0.1, 0.15) is 5.82 Å². The van der Waals surface area contributed by atoms with Gasteiger partial charge in [-0.2, -0.15) is 0 Å². The van der Waals surface area contributed by atoms with Crippen molar-refractivity contribution in [2.75, 3.05) is 5.73 Å². The fourth-order valence-corrected chi connectivity index (χ4v) is 1.80. The Morgan fingerprint density at radius 2 is 2.36 bits per heavy atom. The van der Waals surface area contributed by atoms with Crippen LogP contribution in [0.2, 0.25) is 0 Å². The summed E-state index contributed by atoms with van der Waals surface area (Å²) in [6, 6.07) is 6.45. The Kier molecular flexibility index (Phi) is 2.68. The number of hydrogen-bond donors (Lipinski definition) is 2. The number of pyridine rings is 1. The third-order valence-electron chi connectivity index (χ3n) is 2.99. The topological polar surface area (TPSA) is 50.9 Å². The zero-order valence-electron chi connectivity index (χ0n) is 8.53. The number of nitrogens with zero attached hydrogens (tertiary/aromatic N) is 1. The zero-order chi connectivity index (χ0) is 9.97. The van der Waals surface area contributed by atoms with Crippen molar-refractivity contribution in [1.82, 2.24) is 10.3 Å². The lowest BCUT2D eigenvalue weighted by Crippen LogP contribution is -2.42. The molecule has 1 heterocycles. The maximum absolute atomic E-state index is 5.60. The first-order valence-electron chi connectivity index (χ1n) is 5.20. The van der Waals surface area contributed by atoms with Crippen molar-refractivity contribution in [3.8, 4) is 0 Å². The highest BCUT2D eigenvalue weighted by atomic mass is 15.0. The van der Waals surface area contributed by atoms with Crippen LogP contribution in [-0.2, 0) is 6.54 Å².